The number of halogens is 1. The molecule has 86 valence electrons. The van der Waals surface area contributed by atoms with Crippen molar-refractivity contribution in [3.05, 3.63) is 28.2 Å². The zero-order valence-corrected chi connectivity index (χ0v) is 9.94. The molecule has 1 aliphatic rings. The maximum atomic E-state index is 10.8. The number of carboxylic acids is 1. The lowest BCUT2D eigenvalue weighted by Gasteiger charge is -2.20. The van der Waals surface area contributed by atoms with Crippen molar-refractivity contribution in [1.82, 2.24) is 0 Å². The van der Waals surface area contributed by atoms with Crippen LogP contribution >= 0.6 is 15.9 Å². The second-order valence-electron chi connectivity index (χ2n) is 4.06. The largest absolute Gasteiger partial charge is 0.508 e. The Hall–Kier alpha value is -1.07. The molecule has 0 aliphatic heterocycles. The first-order valence-electron chi connectivity index (χ1n) is 4.87. The zero-order valence-electron chi connectivity index (χ0n) is 8.35. The number of phenolic OH excluding ortho intramolecular Hbond substituents is 1. The lowest BCUT2D eigenvalue weighted by Crippen LogP contribution is -2.33. The highest BCUT2D eigenvalue weighted by Crippen LogP contribution is 2.53. The molecule has 0 radical (unpaired) electrons. The summed E-state index contributed by atoms with van der Waals surface area (Å²) in [5, 5.41) is 28.2. The smallest absolute Gasteiger partial charge is 0.333 e. The summed E-state index contributed by atoms with van der Waals surface area (Å²) in [6.07, 6.45) is -0.301. The Morgan fingerprint density at radius 3 is 2.50 bits per heavy atom. The first-order valence-corrected chi connectivity index (χ1v) is 5.66. The molecule has 1 saturated carbocycles. The molecule has 5 heteroatoms. The van der Waals surface area contributed by atoms with E-state index in [1.807, 2.05) is 0 Å². The first-order chi connectivity index (χ1) is 7.47. The number of aromatic hydroxyl groups is 1. The summed E-state index contributed by atoms with van der Waals surface area (Å²) >= 11 is 3.21. The number of benzene rings is 1. The van der Waals surface area contributed by atoms with Crippen molar-refractivity contribution in [2.24, 2.45) is 0 Å². The van der Waals surface area contributed by atoms with Gasteiger partial charge in [0.1, 0.15) is 5.75 Å². The molecule has 0 bridgehead atoms. The molecular weight excluding hydrogens is 276 g/mol. The molecule has 1 unspecified atom stereocenters. The Labute approximate surface area is 101 Å². The predicted molar refractivity (Wildman–Crippen MR) is 60.4 cm³/mol. The summed E-state index contributed by atoms with van der Waals surface area (Å²) in [5.74, 6) is -1.23. The van der Waals surface area contributed by atoms with E-state index in [1.54, 1.807) is 12.1 Å². The minimum atomic E-state index is -1.46. The monoisotopic (exact) mass is 286 g/mol. The van der Waals surface area contributed by atoms with Crippen LogP contribution in [0.3, 0.4) is 0 Å². The summed E-state index contributed by atoms with van der Waals surface area (Å²) in [6, 6.07) is 4.88. The van der Waals surface area contributed by atoms with Crippen LogP contribution in [0.15, 0.2) is 22.7 Å². The molecule has 4 nitrogen and oxygen atoms in total. The van der Waals surface area contributed by atoms with Crippen LogP contribution in [0.5, 0.6) is 5.75 Å². The zero-order chi connectivity index (χ0) is 11.9. The molecule has 1 atom stereocenters. The molecular formula is C11H11BrO4. The quantitative estimate of drug-likeness (QED) is 0.789. The van der Waals surface area contributed by atoms with Gasteiger partial charge in [-0.2, -0.15) is 0 Å². The fourth-order valence-corrected chi connectivity index (χ4v) is 2.34. The van der Waals surface area contributed by atoms with Gasteiger partial charge in [-0.3, -0.25) is 0 Å². The van der Waals surface area contributed by atoms with Gasteiger partial charge in [0.05, 0.1) is 0 Å². The summed E-state index contributed by atoms with van der Waals surface area (Å²) in [6.45, 7) is 0. The second kappa shape index (κ2) is 3.75. The minimum absolute atomic E-state index is 0.0205. The Morgan fingerprint density at radius 1 is 1.44 bits per heavy atom. The summed E-state index contributed by atoms with van der Waals surface area (Å²) < 4.78 is 0.717. The Kier molecular flexibility index (Phi) is 2.67. The van der Waals surface area contributed by atoms with Gasteiger partial charge in [-0.25, -0.2) is 4.79 Å². The van der Waals surface area contributed by atoms with Crippen molar-refractivity contribution in [2.45, 2.75) is 24.4 Å². The van der Waals surface area contributed by atoms with E-state index in [2.05, 4.69) is 15.9 Å². The molecule has 0 heterocycles. The van der Waals surface area contributed by atoms with Crippen LogP contribution in [0, 0.1) is 0 Å². The van der Waals surface area contributed by atoms with Gasteiger partial charge in [0.15, 0.2) is 6.10 Å². The van der Waals surface area contributed by atoms with E-state index in [4.69, 9.17) is 5.11 Å². The van der Waals surface area contributed by atoms with E-state index >= 15 is 0 Å². The number of aliphatic hydroxyl groups is 1. The lowest BCUT2D eigenvalue weighted by atomic mass is 9.89. The average molecular weight is 287 g/mol. The van der Waals surface area contributed by atoms with Crippen LogP contribution in [0.25, 0.3) is 0 Å². The topological polar surface area (TPSA) is 77.8 Å². The number of phenols is 1. The highest BCUT2D eigenvalue weighted by molar-refractivity contribution is 9.10. The summed E-state index contributed by atoms with van der Waals surface area (Å²) in [7, 11) is 0. The van der Waals surface area contributed by atoms with Gasteiger partial charge >= 0.3 is 5.97 Å². The van der Waals surface area contributed by atoms with Crippen molar-refractivity contribution < 1.29 is 20.1 Å². The third-order valence-electron chi connectivity index (χ3n) is 3.04. The van der Waals surface area contributed by atoms with Crippen molar-refractivity contribution in [1.29, 1.82) is 0 Å². The summed E-state index contributed by atoms with van der Waals surface area (Å²) in [5.41, 5.74) is -0.304. The van der Waals surface area contributed by atoms with E-state index in [1.165, 1.54) is 6.07 Å². The van der Waals surface area contributed by atoms with E-state index in [9.17, 15) is 15.0 Å². The number of rotatable bonds is 3. The number of aliphatic carboxylic acids is 1. The van der Waals surface area contributed by atoms with Gasteiger partial charge in [0, 0.05) is 15.5 Å². The molecule has 0 aromatic heterocycles. The van der Waals surface area contributed by atoms with Gasteiger partial charge in [-0.05, 0) is 25.0 Å². The standard InChI is InChI=1S/C11H11BrO4/c12-6-1-2-7(8(13)5-6)11(3-4-11)9(14)10(15)16/h1-2,5,9,13-14H,3-4H2,(H,15,16). The van der Waals surface area contributed by atoms with E-state index in [0.717, 1.165) is 4.47 Å². The number of carboxylic acid groups (broad SMARTS) is 1. The van der Waals surface area contributed by atoms with Gasteiger partial charge in [0.25, 0.3) is 0 Å². The Balaban J connectivity index is 2.40. The average Bonchev–Trinajstić information content (AvgIpc) is 2.97. The third-order valence-corrected chi connectivity index (χ3v) is 3.54. The molecule has 0 spiro atoms. The normalized spacial score (nSPS) is 19.1. The second-order valence-corrected chi connectivity index (χ2v) is 4.97. The molecule has 1 aliphatic carbocycles. The molecule has 1 aromatic rings. The molecule has 0 saturated heterocycles. The van der Waals surface area contributed by atoms with Crippen LogP contribution in [-0.2, 0) is 10.2 Å². The number of hydrogen-bond donors (Lipinski definition) is 3. The van der Waals surface area contributed by atoms with Gasteiger partial charge in [-0.15, -0.1) is 0 Å². The van der Waals surface area contributed by atoms with Crippen LogP contribution in [0.4, 0.5) is 0 Å². The Bertz CT molecular complexity index is 440. The predicted octanol–water partition coefficient (Wildman–Crippen LogP) is 1.63. The molecule has 1 aromatic carbocycles. The van der Waals surface area contributed by atoms with E-state index in [0.29, 0.717) is 18.4 Å². The van der Waals surface area contributed by atoms with Crippen LogP contribution < -0.4 is 0 Å². The Morgan fingerprint density at radius 2 is 2.06 bits per heavy atom. The first kappa shape index (κ1) is 11.4. The van der Waals surface area contributed by atoms with Crippen molar-refractivity contribution in [3.8, 4) is 5.75 Å². The summed E-state index contributed by atoms with van der Waals surface area (Å²) in [4.78, 5) is 10.8. The van der Waals surface area contributed by atoms with Crippen LogP contribution in [-0.4, -0.2) is 27.4 Å². The molecule has 16 heavy (non-hydrogen) atoms. The molecule has 2 rings (SSSR count). The van der Waals surface area contributed by atoms with Crippen molar-refractivity contribution >= 4 is 21.9 Å². The van der Waals surface area contributed by atoms with E-state index < -0.39 is 17.5 Å². The van der Waals surface area contributed by atoms with Gasteiger partial charge < -0.3 is 15.3 Å². The van der Waals surface area contributed by atoms with Crippen LogP contribution in [0.1, 0.15) is 18.4 Å². The van der Waals surface area contributed by atoms with Crippen LogP contribution in [0.2, 0.25) is 0 Å². The number of hydrogen-bond acceptors (Lipinski definition) is 3. The van der Waals surface area contributed by atoms with Crippen molar-refractivity contribution in [3.63, 3.8) is 0 Å². The lowest BCUT2D eigenvalue weighted by molar-refractivity contribution is -0.148. The maximum absolute atomic E-state index is 10.8. The molecule has 0 amide bonds. The molecule has 3 N–H and O–H groups in total. The SMILES string of the molecule is O=C(O)C(O)C1(c2ccc(Br)cc2O)CC1. The minimum Gasteiger partial charge on any atom is -0.508 e. The molecule has 1 fully saturated rings. The van der Waals surface area contributed by atoms with E-state index in [-0.39, 0.29) is 5.75 Å². The van der Waals surface area contributed by atoms with Crippen molar-refractivity contribution in [2.75, 3.05) is 0 Å². The van der Waals surface area contributed by atoms with Gasteiger partial charge in [-0.1, -0.05) is 22.0 Å². The highest BCUT2D eigenvalue weighted by Gasteiger charge is 2.54. The maximum Gasteiger partial charge on any atom is 0.333 e. The fraction of sp³-hybridized carbons (Fsp3) is 0.364. The number of carbonyl (C=O) groups is 1. The third kappa shape index (κ3) is 1.70. The number of aliphatic hydroxyl groups excluding tert-OH is 1. The van der Waals surface area contributed by atoms with Gasteiger partial charge in [0.2, 0.25) is 0 Å². The fourth-order valence-electron chi connectivity index (χ4n) is 1.99. The highest BCUT2D eigenvalue weighted by atomic mass is 79.9.